The molecule has 1 aliphatic rings. The predicted molar refractivity (Wildman–Crippen MR) is 74.9 cm³/mol. The van der Waals surface area contributed by atoms with Crippen LogP contribution in [-0.4, -0.2) is 28.1 Å². The van der Waals surface area contributed by atoms with Crippen LogP contribution in [-0.2, 0) is 10.0 Å². The van der Waals surface area contributed by atoms with Gasteiger partial charge in [0.15, 0.2) is 0 Å². The maximum absolute atomic E-state index is 13.7. The first kappa shape index (κ1) is 14.9. The molecule has 0 amide bonds. The van der Waals surface area contributed by atoms with Crippen LogP contribution in [0.1, 0.15) is 12.8 Å². The van der Waals surface area contributed by atoms with E-state index in [1.807, 2.05) is 0 Å². The van der Waals surface area contributed by atoms with Crippen molar-refractivity contribution in [3.63, 3.8) is 0 Å². The number of halogens is 2. The third kappa shape index (κ3) is 3.98. The van der Waals surface area contributed by atoms with E-state index in [0.29, 0.717) is 16.9 Å². The van der Waals surface area contributed by atoms with Crippen molar-refractivity contribution in [1.82, 2.24) is 10.0 Å². The number of piperidine rings is 1. The second-order valence-electron chi connectivity index (χ2n) is 4.62. The lowest BCUT2D eigenvalue weighted by Gasteiger charge is -2.22. The van der Waals surface area contributed by atoms with Crippen LogP contribution in [0.3, 0.4) is 0 Å². The largest absolute Gasteiger partial charge is 0.317 e. The molecule has 2 N–H and O–H groups in total. The Balaban J connectivity index is 2.05. The molecule has 19 heavy (non-hydrogen) atoms. The SMILES string of the molecule is O=S(=O)(NCC1CCNCC1)c1ccc(Br)cc1F. The molecule has 1 fully saturated rings. The summed E-state index contributed by atoms with van der Waals surface area (Å²) in [6.45, 7) is 2.16. The standard InChI is InChI=1S/C12H16BrFN2O2S/c13-10-1-2-12(11(14)7-10)19(17,18)16-8-9-3-5-15-6-4-9/h1-2,7,9,15-16H,3-6,8H2. The van der Waals surface area contributed by atoms with Crippen LogP contribution in [0.5, 0.6) is 0 Å². The molecule has 1 aromatic carbocycles. The molecule has 1 heterocycles. The van der Waals surface area contributed by atoms with E-state index < -0.39 is 15.8 Å². The summed E-state index contributed by atoms with van der Waals surface area (Å²) in [5, 5.41) is 3.22. The Labute approximate surface area is 121 Å². The van der Waals surface area contributed by atoms with Gasteiger partial charge in [-0.1, -0.05) is 15.9 Å². The molecule has 106 valence electrons. The monoisotopic (exact) mass is 350 g/mol. The minimum absolute atomic E-state index is 0.301. The first-order valence-corrected chi connectivity index (χ1v) is 8.42. The zero-order valence-electron chi connectivity index (χ0n) is 10.3. The van der Waals surface area contributed by atoms with Gasteiger partial charge in [-0.15, -0.1) is 0 Å². The van der Waals surface area contributed by atoms with E-state index in [4.69, 9.17) is 0 Å². The van der Waals surface area contributed by atoms with Crippen LogP contribution in [0.15, 0.2) is 27.6 Å². The predicted octanol–water partition coefficient (Wildman–Crippen LogP) is 1.87. The number of rotatable bonds is 4. The fourth-order valence-electron chi connectivity index (χ4n) is 2.08. The summed E-state index contributed by atoms with van der Waals surface area (Å²) in [6.07, 6.45) is 1.87. The van der Waals surface area contributed by atoms with Gasteiger partial charge in [0, 0.05) is 11.0 Å². The molecule has 0 atom stereocenters. The lowest BCUT2D eigenvalue weighted by molar-refractivity contribution is 0.372. The smallest absolute Gasteiger partial charge is 0.243 e. The zero-order chi connectivity index (χ0) is 13.9. The van der Waals surface area contributed by atoms with Gasteiger partial charge in [-0.05, 0) is 50.0 Å². The van der Waals surface area contributed by atoms with Crippen molar-refractivity contribution >= 4 is 26.0 Å². The summed E-state index contributed by atoms with van der Waals surface area (Å²) >= 11 is 3.10. The highest BCUT2D eigenvalue weighted by molar-refractivity contribution is 9.10. The first-order chi connectivity index (χ1) is 8.99. The normalized spacial score (nSPS) is 17.6. The van der Waals surface area contributed by atoms with Crippen LogP contribution in [0.4, 0.5) is 4.39 Å². The van der Waals surface area contributed by atoms with Gasteiger partial charge in [0.2, 0.25) is 10.0 Å². The van der Waals surface area contributed by atoms with Gasteiger partial charge in [0.1, 0.15) is 10.7 Å². The fraction of sp³-hybridized carbons (Fsp3) is 0.500. The molecule has 1 aromatic rings. The van der Waals surface area contributed by atoms with Crippen molar-refractivity contribution in [2.75, 3.05) is 19.6 Å². The number of nitrogens with one attached hydrogen (secondary N) is 2. The Kier molecular flexibility index (Phi) is 4.94. The molecular weight excluding hydrogens is 335 g/mol. The van der Waals surface area contributed by atoms with E-state index in [2.05, 4.69) is 26.0 Å². The molecular formula is C12H16BrFN2O2S. The Morgan fingerprint density at radius 1 is 1.37 bits per heavy atom. The van der Waals surface area contributed by atoms with E-state index in [0.717, 1.165) is 32.0 Å². The molecule has 1 aliphatic heterocycles. The van der Waals surface area contributed by atoms with Gasteiger partial charge in [0.05, 0.1) is 0 Å². The Bertz CT molecular complexity index is 545. The lowest BCUT2D eigenvalue weighted by Crippen LogP contribution is -2.36. The summed E-state index contributed by atoms with van der Waals surface area (Å²) < 4.78 is 40.7. The van der Waals surface area contributed by atoms with Gasteiger partial charge in [0.25, 0.3) is 0 Å². The van der Waals surface area contributed by atoms with Crippen LogP contribution in [0.25, 0.3) is 0 Å². The maximum atomic E-state index is 13.7. The average molecular weight is 351 g/mol. The molecule has 0 saturated carbocycles. The second-order valence-corrected chi connectivity index (χ2v) is 7.27. The molecule has 0 aromatic heterocycles. The van der Waals surface area contributed by atoms with Gasteiger partial charge < -0.3 is 5.32 Å². The molecule has 2 rings (SSSR count). The number of hydrogen-bond donors (Lipinski definition) is 2. The summed E-state index contributed by atoms with van der Waals surface area (Å²) in [5.41, 5.74) is 0. The molecule has 0 aliphatic carbocycles. The summed E-state index contributed by atoms with van der Waals surface area (Å²) in [7, 11) is -3.77. The third-order valence-electron chi connectivity index (χ3n) is 3.20. The first-order valence-electron chi connectivity index (χ1n) is 6.14. The van der Waals surface area contributed by atoms with E-state index >= 15 is 0 Å². The van der Waals surface area contributed by atoms with Crippen molar-refractivity contribution in [3.05, 3.63) is 28.5 Å². The minimum Gasteiger partial charge on any atom is -0.317 e. The van der Waals surface area contributed by atoms with Crippen molar-refractivity contribution in [2.24, 2.45) is 5.92 Å². The van der Waals surface area contributed by atoms with Crippen LogP contribution >= 0.6 is 15.9 Å². The Morgan fingerprint density at radius 3 is 2.68 bits per heavy atom. The number of hydrogen-bond acceptors (Lipinski definition) is 3. The van der Waals surface area contributed by atoms with Gasteiger partial charge in [-0.3, -0.25) is 0 Å². The topological polar surface area (TPSA) is 58.2 Å². The second kappa shape index (κ2) is 6.30. The molecule has 0 radical (unpaired) electrons. The van der Waals surface area contributed by atoms with Crippen molar-refractivity contribution in [3.8, 4) is 0 Å². The molecule has 0 bridgehead atoms. The van der Waals surface area contributed by atoms with E-state index in [-0.39, 0.29) is 4.90 Å². The molecule has 1 saturated heterocycles. The molecule has 4 nitrogen and oxygen atoms in total. The zero-order valence-corrected chi connectivity index (χ0v) is 12.7. The van der Waals surface area contributed by atoms with E-state index in [9.17, 15) is 12.8 Å². The van der Waals surface area contributed by atoms with Gasteiger partial charge in [-0.25, -0.2) is 17.5 Å². The summed E-state index contributed by atoms with van der Waals surface area (Å²) in [5.74, 6) is -0.429. The van der Waals surface area contributed by atoms with Crippen molar-refractivity contribution in [2.45, 2.75) is 17.7 Å². The Hall–Kier alpha value is -0.500. The van der Waals surface area contributed by atoms with Crippen molar-refractivity contribution < 1.29 is 12.8 Å². The molecule has 0 spiro atoms. The van der Waals surface area contributed by atoms with E-state index in [1.54, 1.807) is 0 Å². The quantitative estimate of drug-likeness (QED) is 0.871. The number of sulfonamides is 1. The van der Waals surface area contributed by atoms with E-state index in [1.165, 1.54) is 12.1 Å². The van der Waals surface area contributed by atoms with Gasteiger partial charge >= 0.3 is 0 Å². The highest BCUT2D eigenvalue weighted by atomic mass is 79.9. The highest BCUT2D eigenvalue weighted by Crippen LogP contribution is 2.20. The van der Waals surface area contributed by atoms with Crippen LogP contribution in [0.2, 0.25) is 0 Å². The third-order valence-corrected chi connectivity index (χ3v) is 5.15. The van der Waals surface area contributed by atoms with Crippen LogP contribution < -0.4 is 10.0 Å². The average Bonchev–Trinajstić information content (AvgIpc) is 2.37. The van der Waals surface area contributed by atoms with Crippen LogP contribution in [0, 0.1) is 11.7 Å². The Morgan fingerprint density at radius 2 is 2.05 bits per heavy atom. The number of benzene rings is 1. The van der Waals surface area contributed by atoms with Crippen molar-refractivity contribution in [1.29, 1.82) is 0 Å². The minimum atomic E-state index is -3.77. The lowest BCUT2D eigenvalue weighted by atomic mass is 9.99. The fourth-order valence-corrected chi connectivity index (χ4v) is 3.59. The highest BCUT2D eigenvalue weighted by Gasteiger charge is 2.21. The molecule has 0 unspecified atom stereocenters. The summed E-state index contributed by atoms with van der Waals surface area (Å²) in [4.78, 5) is -0.301. The summed E-state index contributed by atoms with van der Waals surface area (Å²) in [6, 6.07) is 3.94. The maximum Gasteiger partial charge on any atom is 0.243 e. The van der Waals surface area contributed by atoms with Gasteiger partial charge in [-0.2, -0.15) is 0 Å². The molecule has 7 heteroatoms.